The largest absolute Gasteiger partial charge is 0.490 e. The molecular formula is C21H25N3O7S. The number of benzene rings is 2. The second-order valence-corrected chi connectivity index (χ2v) is 7.00. The Balaban J connectivity index is 2.22. The molecule has 0 bridgehead atoms. The molecular weight excluding hydrogens is 438 g/mol. The Morgan fingerprint density at radius 1 is 0.906 bits per heavy atom. The lowest BCUT2D eigenvalue weighted by Crippen LogP contribution is -2.41. The van der Waals surface area contributed by atoms with E-state index in [0.29, 0.717) is 42.0 Å². The topological polar surface area (TPSA) is 129 Å². The van der Waals surface area contributed by atoms with Crippen molar-refractivity contribution in [3.8, 4) is 17.2 Å². The zero-order valence-corrected chi connectivity index (χ0v) is 19.0. The number of carbonyl (C=O) groups excluding carboxylic acids is 2. The Hall–Kier alpha value is -3.47. The second kappa shape index (κ2) is 11.8. The summed E-state index contributed by atoms with van der Waals surface area (Å²) in [5.74, 6) is -0.272. The monoisotopic (exact) mass is 463 g/mol. The summed E-state index contributed by atoms with van der Waals surface area (Å²) in [5, 5.41) is 11.2. The van der Waals surface area contributed by atoms with E-state index in [4.69, 9.17) is 14.2 Å². The van der Waals surface area contributed by atoms with Crippen molar-refractivity contribution in [3.63, 3.8) is 0 Å². The van der Waals surface area contributed by atoms with Crippen LogP contribution in [0.1, 0.15) is 41.5 Å². The van der Waals surface area contributed by atoms with E-state index in [1.54, 1.807) is 20.1 Å². The number of carbonyl (C=O) groups is 2. The molecule has 10 nitrogen and oxygen atoms in total. The number of nitrogens with zero attached hydrogens (tertiary/aromatic N) is 1. The second-order valence-electron chi connectivity index (χ2n) is 6.15. The lowest BCUT2D eigenvalue weighted by Gasteiger charge is -2.17. The number of amides is 2. The highest BCUT2D eigenvalue weighted by molar-refractivity contribution is 7.98. The minimum atomic E-state index is -0.699. The summed E-state index contributed by atoms with van der Waals surface area (Å²) in [4.78, 5) is 36.1. The van der Waals surface area contributed by atoms with Gasteiger partial charge in [0.1, 0.15) is 0 Å². The number of nitro benzene ring substituents is 1. The van der Waals surface area contributed by atoms with Crippen LogP contribution < -0.4 is 25.1 Å². The van der Waals surface area contributed by atoms with E-state index in [1.807, 2.05) is 6.92 Å². The van der Waals surface area contributed by atoms with Crippen molar-refractivity contribution in [2.75, 3.05) is 26.1 Å². The third-order valence-electron chi connectivity index (χ3n) is 4.10. The first kappa shape index (κ1) is 24.8. The highest BCUT2D eigenvalue weighted by atomic mass is 32.2. The Morgan fingerprint density at radius 3 is 1.91 bits per heavy atom. The molecule has 0 heterocycles. The fourth-order valence-corrected chi connectivity index (χ4v) is 3.30. The fraction of sp³-hybridized carbons (Fsp3) is 0.333. The quantitative estimate of drug-likeness (QED) is 0.311. The number of hydrogen-bond donors (Lipinski definition) is 2. The maximum absolute atomic E-state index is 12.6. The summed E-state index contributed by atoms with van der Waals surface area (Å²) in [6.45, 7) is 6.48. The molecule has 2 aromatic carbocycles. The van der Waals surface area contributed by atoms with Crippen molar-refractivity contribution in [2.24, 2.45) is 0 Å². The van der Waals surface area contributed by atoms with Crippen LogP contribution in [0.5, 0.6) is 17.2 Å². The summed E-state index contributed by atoms with van der Waals surface area (Å²) in [6.07, 6.45) is 1.70. The maximum Gasteiger partial charge on any atom is 0.283 e. The summed E-state index contributed by atoms with van der Waals surface area (Å²) in [7, 11) is 0. The molecule has 0 atom stereocenters. The van der Waals surface area contributed by atoms with Crippen LogP contribution in [0.15, 0.2) is 35.2 Å². The first-order valence-electron chi connectivity index (χ1n) is 9.85. The van der Waals surface area contributed by atoms with Gasteiger partial charge in [0, 0.05) is 17.2 Å². The van der Waals surface area contributed by atoms with Gasteiger partial charge in [-0.15, -0.1) is 11.8 Å². The predicted molar refractivity (Wildman–Crippen MR) is 120 cm³/mol. The van der Waals surface area contributed by atoms with Gasteiger partial charge in [-0.05, 0) is 51.3 Å². The zero-order chi connectivity index (χ0) is 23.7. The molecule has 0 aliphatic heterocycles. The van der Waals surface area contributed by atoms with Gasteiger partial charge in [-0.2, -0.15) is 0 Å². The number of ether oxygens (including phenoxy) is 3. The van der Waals surface area contributed by atoms with Crippen molar-refractivity contribution in [2.45, 2.75) is 25.7 Å². The molecule has 172 valence electrons. The molecule has 2 amide bonds. The lowest BCUT2D eigenvalue weighted by atomic mass is 10.1. The van der Waals surface area contributed by atoms with Crippen LogP contribution in [-0.4, -0.2) is 42.8 Å². The molecule has 2 N–H and O–H groups in total. The van der Waals surface area contributed by atoms with Crippen LogP contribution in [0.2, 0.25) is 0 Å². The van der Waals surface area contributed by atoms with E-state index < -0.39 is 16.7 Å². The smallest absolute Gasteiger partial charge is 0.283 e. The third-order valence-corrected chi connectivity index (χ3v) is 4.88. The summed E-state index contributed by atoms with van der Waals surface area (Å²) in [5.41, 5.74) is 4.58. The van der Waals surface area contributed by atoms with Gasteiger partial charge < -0.3 is 14.2 Å². The fourth-order valence-electron chi connectivity index (χ4n) is 2.75. The van der Waals surface area contributed by atoms with Crippen LogP contribution in [0.3, 0.4) is 0 Å². The Kier molecular flexibility index (Phi) is 9.14. The lowest BCUT2D eigenvalue weighted by molar-refractivity contribution is -0.387. The molecule has 2 aromatic rings. The zero-order valence-electron chi connectivity index (χ0n) is 18.2. The van der Waals surface area contributed by atoms with Gasteiger partial charge in [0.15, 0.2) is 11.5 Å². The van der Waals surface area contributed by atoms with Crippen molar-refractivity contribution < 1.29 is 28.7 Å². The summed E-state index contributed by atoms with van der Waals surface area (Å²) < 4.78 is 16.8. The SMILES string of the molecule is CCOc1cc(C(=O)NNC(=O)c2ccc(SC)c([N+](=O)[O-])c2)cc(OCC)c1OCC. The standard InChI is InChI=1S/C21H25N3O7S/c1-5-29-16-11-14(12-17(30-6-2)19(16)31-7-3)21(26)23-22-20(25)13-8-9-18(32-4)15(10-13)24(27)28/h8-12H,5-7H2,1-4H3,(H,22,25)(H,23,26). The first-order chi connectivity index (χ1) is 15.4. The predicted octanol–water partition coefficient (Wildman–Crippen LogP) is 3.59. The van der Waals surface area contributed by atoms with Crippen molar-refractivity contribution in [3.05, 3.63) is 51.6 Å². The first-order valence-corrected chi connectivity index (χ1v) is 11.1. The molecule has 0 saturated carbocycles. The third kappa shape index (κ3) is 6.03. The van der Waals surface area contributed by atoms with Gasteiger partial charge in [0.2, 0.25) is 5.75 Å². The minimum Gasteiger partial charge on any atom is -0.490 e. The van der Waals surface area contributed by atoms with Gasteiger partial charge in [-0.1, -0.05) is 0 Å². The molecule has 0 saturated heterocycles. The van der Waals surface area contributed by atoms with Crippen LogP contribution in [0.4, 0.5) is 5.69 Å². The molecule has 0 aliphatic rings. The molecule has 32 heavy (non-hydrogen) atoms. The number of nitrogens with one attached hydrogen (secondary N) is 2. The molecule has 0 fully saturated rings. The van der Waals surface area contributed by atoms with Gasteiger partial charge in [0.25, 0.3) is 17.5 Å². The molecule has 2 rings (SSSR count). The van der Waals surface area contributed by atoms with Gasteiger partial charge >= 0.3 is 0 Å². The van der Waals surface area contributed by atoms with E-state index in [2.05, 4.69) is 10.9 Å². The van der Waals surface area contributed by atoms with Gasteiger partial charge in [-0.3, -0.25) is 30.6 Å². The Bertz CT molecular complexity index is 970. The Labute approximate surface area is 189 Å². The van der Waals surface area contributed by atoms with Crippen LogP contribution >= 0.6 is 11.8 Å². The highest BCUT2D eigenvalue weighted by Crippen LogP contribution is 2.39. The van der Waals surface area contributed by atoms with E-state index in [-0.39, 0.29) is 16.8 Å². The number of hydrazine groups is 1. The van der Waals surface area contributed by atoms with E-state index in [9.17, 15) is 19.7 Å². The molecule has 0 spiro atoms. The Morgan fingerprint density at radius 2 is 1.44 bits per heavy atom. The molecule has 0 aliphatic carbocycles. The maximum atomic E-state index is 12.6. The van der Waals surface area contributed by atoms with Crippen molar-refractivity contribution >= 4 is 29.3 Å². The molecule has 0 unspecified atom stereocenters. The minimum absolute atomic E-state index is 0.0338. The molecule has 11 heteroatoms. The van der Waals surface area contributed by atoms with Gasteiger partial charge in [0.05, 0.1) is 29.6 Å². The number of rotatable bonds is 10. The van der Waals surface area contributed by atoms with Crippen LogP contribution in [0, 0.1) is 10.1 Å². The van der Waals surface area contributed by atoms with Crippen molar-refractivity contribution in [1.82, 2.24) is 10.9 Å². The van der Waals surface area contributed by atoms with E-state index >= 15 is 0 Å². The van der Waals surface area contributed by atoms with Crippen LogP contribution in [0.25, 0.3) is 0 Å². The summed E-state index contributed by atoms with van der Waals surface area (Å²) >= 11 is 1.20. The summed E-state index contributed by atoms with van der Waals surface area (Å²) in [6, 6.07) is 7.05. The van der Waals surface area contributed by atoms with E-state index in [0.717, 1.165) is 6.07 Å². The number of nitro groups is 1. The van der Waals surface area contributed by atoms with Gasteiger partial charge in [-0.25, -0.2) is 0 Å². The van der Waals surface area contributed by atoms with Crippen LogP contribution in [-0.2, 0) is 0 Å². The van der Waals surface area contributed by atoms with E-state index in [1.165, 1.54) is 36.0 Å². The average molecular weight is 464 g/mol. The number of hydrogen-bond acceptors (Lipinski definition) is 8. The molecule has 0 radical (unpaired) electrons. The molecule has 0 aromatic heterocycles. The highest BCUT2D eigenvalue weighted by Gasteiger charge is 2.20. The van der Waals surface area contributed by atoms with Crippen molar-refractivity contribution in [1.29, 1.82) is 0 Å². The number of thioether (sulfide) groups is 1. The average Bonchev–Trinajstić information content (AvgIpc) is 2.78. The normalized spacial score (nSPS) is 10.2.